The normalized spacial score (nSPS) is 10.4. The molecule has 4 nitrogen and oxygen atoms in total. The Kier molecular flexibility index (Phi) is 6.87. The van der Waals surface area contributed by atoms with Crippen LogP contribution in [0.2, 0.25) is 5.02 Å². The lowest BCUT2D eigenvalue weighted by Gasteiger charge is -2.09. The lowest BCUT2D eigenvalue weighted by Crippen LogP contribution is -2.16. The number of carbonyl (C=O) groups is 1. The second-order valence-electron chi connectivity index (χ2n) is 6.17. The van der Waals surface area contributed by atoms with E-state index in [0.29, 0.717) is 35.3 Å². The third kappa shape index (κ3) is 6.28. The van der Waals surface area contributed by atoms with Crippen molar-refractivity contribution in [2.45, 2.75) is 13.0 Å². The zero-order chi connectivity index (χ0) is 19.8. The van der Waals surface area contributed by atoms with Gasteiger partial charge >= 0.3 is 0 Å². The molecule has 0 spiro atoms. The molecule has 0 aliphatic carbocycles. The van der Waals surface area contributed by atoms with Gasteiger partial charge < -0.3 is 15.4 Å². The number of halogens is 2. The topological polar surface area (TPSA) is 50.4 Å². The smallest absolute Gasteiger partial charge is 0.226 e. The highest BCUT2D eigenvalue weighted by Gasteiger charge is 2.04. The van der Waals surface area contributed by atoms with Crippen molar-refractivity contribution < 1.29 is 13.9 Å². The summed E-state index contributed by atoms with van der Waals surface area (Å²) in [6, 6.07) is 20.8. The summed E-state index contributed by atoms with van der Waals surface area (Å²) < 4.78 is 18.8. The molecule has 0 radical (unpaired) electrons. The molecule has 6 heteroatoms. The van der Waals surface area contributed by atoms with E-state index < -0.39 is 0 Å². The van der Waals surface area contributed by atoms with Crippen molar-refractivity contribution in [2.24, 2.45) is 0 Å². The van der Waals surface area contributed by atoms with Crippen molar-refractivity contribution in [3.63, 3.8) is 0 Å². The molecule has 0 aliphatic rings. The van der Waals surface area contributed by atoms with E-state index in [1.165, 1.54) is 12.1 Å². The Bertz CT molecular complexity index is 915. The molecular formula is C22H20ClFN2O2. The van der Waals surface area contributed by atoms with Gasteiger partial charge in [0.05, 0.1) is 0 Å². The summed E-state index contributed by atoms with van der Waals surface area (Å²) in [6.07, 6.45) is 0.269. The van der Waals surface area contributed by atoms with Crippen molar-refractivity contribution >= 4 is 28.9 Å². The highest BCUT2D eigenvalue weighted by atomic mass is 35.5. The SMILES string of the molecule is O=C(CCNc1cccc(F)c1)Nc1ccc(OCc2ccc(Cl)cc2)cc1. The predicted octanol–water partition coefficient (Wildman–Crippen LogP) is 5.50. The van der Waals surface area contributed by atoms with Gasteiger partial charge in [-0.2, -0.15) is 0 Å². The van der Waals surface area contributed by atoms with E-state index >= 15 is 0 Å². The average molecular weight is 399 g/mol. The summed E-state index contributed by atoms with van der Waals surface area (Å²) in [4.78, 5) is 12.0. The Balaban J connectivity index is 1.41. The molecule has 0 aromatic heterocycles. The molecule has 0 saturated carbocycles. The predicted molar refractivity (Wildman–Crippen MR) is 110 cm³/mol. The summed E-state index contributed by atoms with van der Waals surface area (Å²) in [5, 5.41) is 6.53. The molecule has 144 valence electrons. The fraction of sp³-hybridized carbons (Fsp3) is 0.136. The first kappa shape index (κ1) is 19.7. The van der Waals surface area contributed by atoms with Crippen LogP contribution in [0, 0.1) is 5.82 Å². The summed E-state index contributed by atoms with van der Waals surface area (Å²) in [5.41, 5.74) is 2.36. The fourth-order valence-electron chi connectivity index (χ4n) is 2.52. The van der Waals surface area contributed by atoms with Gasteiger partial charge in [0.2, 0.25) is 5.91 Å². The van der Waals surface area contributed by atoms with Crippen LogP contribution in [0.5, 0.6) is 5.75 Å². The minimum atomic E-state index is -0.312. The van der Waals surface area contributed by atoms with E-state index in [1.54, 1.807) is 36.4 Å². The molecule has 1 amide bonds. The molecule has 0 heterocycles. The van der Waals surface area contributed by atoms with Crippen LogP contribution >= 0.6 is 11.6 Å². The van der Waals surface area contributed by atoms with Gasteiger partial charge in [-0.3, -0.25) is 4.79 Å². The average Bonchev–Trinajstić information content (AvgIpc) is 2.69. The highest BCUT2D eigenvalue weighted by Crippen LogP contribution is 2.18. The number of rotatable bonds is 8. The van der Waals surface area contributed by atoms with Crippen molar-refractivity contribution in [1.82, 2.24) is 0 Å². The van der Waals surface area contributed by atoms with Gasteiger partial charge in [-0.25, -0.2) is 4.39 Å². The lowest BCUT2D eigenvalue weighted by atomic mass is 10.2. The molecule has 2 N–H and O–H groups in total. The number of hydrogen-bond acceptors (Lipinski definition) is 3. The highest BCUT2D eigenvalue weighted by molar-refractivity contribution is 6.30. The first-order valence-electron chi connectivity index (χ1n) is 8.85. The number of amides is 1. The van der Waals surface area contributed by atoms with Crippen LogP contribution in [0.1, 0.15) is 12.0 Å². The maximum atomic E-state index is 13.1. The van der Waals surface area contributed by atoms with Crippen LogP contribution < -0.4 is 15.4 Å². The van der Waals surface area contributed by atoms with Crippen molar-refractivity contribution in [3.05, 3.63) is 89.2 Å². The van der Waals surface area contributed by atoms with Gasteiger partial charge in [0.15, 0.2) is 0 Å². The van der Waals surface area contributed by atoms with Crippen LogP contribution in [-0.4, -0.2) is 12.5 Å². The summed E-state index contributed by atoms with van der Waals surface area (Å²) in [6.45, 7) is 0.853. The quantitative estimate of drug-likeness (QED) is 0.526. The van der Waals surface area contributed by atoms with Crippen LogP contribution in [-0.2, 0) is 11.4 Å². The van der Waals surface area contributed by atoms with E-state index in [9.17, 15) is 9.18 Å². The van der Waals surface area contributed by atoms with Crippen LogP contribution in [0.25, 0.3) is 0 Å². The Morgan fingerprint density at radius 2 is 1.71 bits per heavy atom. The number of ether oxygens (including phenoxy) is 1. The van der Waals surface area contributed by atoms with Gasteiger partial charge in [-0.05, 0) is 60.2 Å². The maximum absolute atomic E-state index is 13.1. The summed E-state index contributed by atoms with van der Waals surface area (Å²) >= 11 is 5.86. The molecule has 0 fully saturated rings. The monoisotopic (exact) mass is 398 g/mol. The Morgan fingerprint density at radius 3 is 2.43 bits per heavy atom. The van der Waals surface area contributed by atoms with Crippen molar-refractivity contribution in [2.75, 3.05) is 17.2 Å². The molecule has 0 atom stereocenters. The fourth-order valence-corrected chi connectivity index (χ4v) is 2.65. The standard InChI is InChI=1S/C22H20ClFN2O2/c23-17-6-4-16(5-7-17)15-28-21-10-8-19(9-11-21)26-22(27)12-13-25-20-3-1-2-18(24)14-20/h1-11,14,25H,12-13,15H2,(H,26,27). The third-order valence-electron chi connectivity index (χ3n) is 3.96. The van der Waals surface area contributed by atoms with Gasteiger partial charge in [0.1, 0.15) is 18.2 Å². The maximum Gasteiger partial charge on any atom is 0.226 e. The largest absolute Gasteiger partial charge is 0.489 e. The molecule has 3 rings (SSSR count). The number of carbonyl (C=O) groups excluding carboxylic acids is 1. The number of hydrogen-bond donors (Lipinski definition) is 2. The minimum absolute atomic E-state index is 0.126. The first-order chi connectivity index (χ1) is 13.6. The minimum Gasteiger partial charge on any atom is -0.489 e. The lowest BCUT2D eigenvalue weighted by molar-refractivity contribution is -0.115. The summed E-state index contributed by atoms with van der Waals surface area (Å²) in [7, 11) is 0. The Hall–Kier alpha value is -3.05. The molecule has 0 unspecified atom stereocenters. The molecule has 0 bridgehead atoms. The second-order valence-corrected chi connectivity index (χ2v) is 6.61. The molecular weight excluding hydrogens is 379 g/mol. The van der Waals surface area contributed by atoms with E-state index in [2.05, 4.69) is 10.6 Å². The van der Waals surface area contributed by atoms with Crippen molar-refractivity contribution in [3.8, 4) is 5.75 Å². The van der Waals surface area contributed by atoms with Crippen LogP contribution in [0.3, 0.4) is 0 Å². The zero-order valence-electron chi connectivity index (χ0n) is 15.1. The van der Waals surface area contributed by atoms with Gasteiger partial charge in [-0.15, -0.1) is 0 Å². The van der Waals surface area contributed by atoms with Gasteiger partial charge in [0, 0.05) is 29.4 Å². The summed E-state index contributed by atoms with van der Waals surface area (Å²) in [5.74, 6) is 0.271. The molecule has 3 aromatic rings. The number of benzene rings is 3. The molecule has 28 heavy (non-hydrogen) atoms. The van der Waals surface area contributed by atoms with Gasteiger partial charge in [0.25, 0.3) is 0 Å². The van der Waals surface area contributed by atoms with E-state index in [-0.39, 0.29) is 18.1 Å². The first-order valence-corrected chi connectivity index (χ1v) is 9.23. The molecule has 3 aromatic carbocycles. The Morgan fingerprint density at radius 1 is 0.964 bits per heavy atom. The van der Waals surface area contributed by atoms with E-state index in [0.717, 1.165) is 5.56 Å². The van der Waals surface area contributed by atoms with Crippen molar-refractivity contribution in [1.29, 1.82) is 0 Å². The molecule has 0 aliphatic heterocycles. The molecule has 0 saturated heterocycles. The number of nitrogens with one attached hydrogen (secondary N) is 2. The third-order valence-corrected chi connectivity index (χ3v) is 4.21. The zero-order valence-corrected chi connectivity index (χ0v) is 15.9. The second kappa shape index (κ2) is 9.76. The van der Waals surface area contributed by atoms with E-state index in [4.69, 9.17) is 16.3 Å². The van der Waals surface area contributed by atoms with Crippen LogP contribution in [0.4, 0.5) is 15.8 Å². The van der Waals surface area contributed by atoms with Crippen LogP contribution in [0.15, 0.2) is 72.8 Å². The van der Waals surface area contributed by atoms with E-state index in [1.807, 2.05) is 24.3 Å². The number of anilines is 2. The Labute approximate surface area is 168 Å². The van der Waals surface area contributed by atoms with Gasteiger partial charge in [-0.1, -0.05) is 29.8 Å².